The minimum absolute atomic E-state index is 0.0830. The zero-order valence-corrected chi connectivity index (χ0v) is 22.4. The summed E-state index contributed by atoms with van der Waals surface area (Å²) in [5.74, 6) is 0. The summed E-state index contributed by atoms with van der Waals surface area (Å²) in [6, 6.07) is 0. The molecule has 13 heteroatoms. The van der Waals surface area contributed by atoms with Crippen molar-refractivity contribution in [3.63, 3.8) is 0 Å². The molecule has 1 radical (unpaired) electrons. The number of aromatic nitrogens is 4. The molecule has 32 heavy (non-hydrogen) atoms. The Morgan fingerprint density at radius 1 is 1.16 bits per heavy atom. The van der Waals surface area contributed by atoms with Crippen LogP contribution in [0.5, 0.6) is 0 Å². The molecule has 0 spiro atoms. The van der Waals surface area contributed by atoms with Gasteiger partial charge in [-0.05, 0) is 32.4 Å². The lowest BCUT2D eigenvalue weighted by Crippen LogP contribution is -2.49. The fourth-order valence-electron chi connectivity index (χ4n) is 3.03. The summed E-state index contributed by atoms with van der Waals surface area (Å²) in [4.78, 5) is 18.7. The van der Waals surface area contributed by atoms with Crippen LogP contribution in [0, 0.1) is 5.41 Å². The van der Waals surface area contributed by atoms with Crippen LogP contribution >= 0.6 is 19.2 Å². The smallest absolute Gasteiger partial charge is 0.356 e. The molecule has 0 aliphatic heterocycles. The van der Waals surface area contributed by atoms with E-state index in [-0.39, 0.29) is 42.8 Å². The average Bonchev–Trinajstić information content (AvgIpc) is 3.09. The molecule has 0 aromatic carbocycles. The van der Waals surface area contributed by atoms with E-state index >= 15 is 0 Å². The van der Waals surface area contributed by atoms with E-state index in [1.54, 1.807) is 13.8 Å². The van der Waals surface area contributed by atoms with Crippen molar-refractivity contribution in [2.45, 2.75) is 59.9 Å². The van der Waals surface area contributed by atoms with Gasteiger partial charge >= 0.3 is 7.60 Å². The van der Waals surface area contributed by atoms with E-state index in [1.165, 1.54) is 17.4 Å². The zero-order valence-electron chi connectivity index (χ0n) is 19.7. The van der Waals surface area contributed by atoms with Gasteiger partial charge in [0.15, 0.2) is 11.3 Å². The quantitative estimate of drug-likeness (QED) is 0.224. The second kappa shape index (κ2) is 11.9. The first-order valence-corrected chi connectivity index (χ1v) is 15.0. The van der Waals surface area contributed by atoms with Crippen molar-refractivity contribution in [2.24, 2.45) is 5.41 Å². The van der Waals surface area contributed by atoms with Crippen LogP contribution in [0.2, 0.25) is 18.2 Å². The van der Waals surface area contributed by atoms with Gasteiger partial charge < -0.3 is 23.0 Å². The molecule has 10 nitrogen and oxygen atoms in total. The van der Waals surface area contributed by atoms with Gasteiger partial charge in [-0.15, -0.1) is 0 Å². The van der Waals surface area contributed by atoms with E-state index in [1.807, 2.05) is 0 Å². The normalized spacial score (nSPS) is 14.8. The summed E-state index contributed by atoms with van der Waals surface area (Å²) >= 11 is 6.12. The third kappa shape index (κ3) is 7.48. The molecule has 0 aliphatic carbocycles. The van der Waals surface area contributed by atoms with Crippen LogP contribution in [-0.4, -0.2) is 67.1 Å². The number of fused-ring (bicyclic) bond motifs is 1. The van der Waals surface area contributed by atoms with Crippen molar-refractivity contribution < 1.29 is 27.6 Å². The van der Waals surface area contributed by atoms with Gasteiger partial charge in [-0.25, -0.2) is 15.0 Å². The number of ether oxygens (including phenoxy) is 1. The average molecular weight is 508 g/mol. The summed E-state index contributed by atoms with van der Waals surface area (Å²) < 4.78 is 37.0. The Kier molecular flexibility index (Phi) is 10.1. The molecule has 0 aliphatic rings. The molecule has 0 saturated carbocycles. The lowest BCUT2D eigenvalue weighted by Gasteiger charge is -2.37. The van der Waals surface area contributed by atoms with Crippen molar-refractivity contribution in [2.75, 3.05) is 26.2 Å². The number of nitrogens with zero attached hydrogens (tertiary/aromatic N) is 4. The molecule has 0 bridgehead atoms. The topological polar surface area (TPSA) is 107 Å². The van der Waals surface area contributed by atoms with Crippen molar-refractivity contribution in [1.29, 1.82) is 0 Å². The number of hydrogen-bond acceptors (Lipinski definition) is 9. The molecule has 0 fully saturated rings. The third-order valence-electron chi connectivity index (χ3n) is 4.24. The lowest BCUT2D eigenvalue weighted by atomic mass is 9.86. The van der Waals surface area contributed by atoms with E-state index in [2.05, 4.69) is 48.8 Å². The molecule has 0 amide bonds. The van der Waals surface area contributed by atoms with Gasteiger partial charge in [0.2, 0.25) is 14.7 Å². The van der Waals surface area contributed by atoms with Crippen LogP contribution in [0.3, 0.4) is 0 Å². The SMILES string of the molecule is CCOP(=O)(COCC(On1cnc2c(Cl)ncnc21)C(O[Si](C)C)C(C)(C)C)OCC. The molecule has 2 heterocycles. The minimum Gasteiger partial charge on any atom is -0.410 e. The highest BCUT2D eigenvalue weighted by Gasteiger charge is 2.37. The highest BCUT2D eigenvalue weighted by atomic mass is 35.5. The Hall–Kier alpha value is -1.07. The molecule has 2 aromatic rings. The molecular weight excluding hydrogens is 475 g/mol. The largest absolute Gasteiger partial charge is 0.410 e. The van der Waals surface area contributed by atoms with Crippen LogP contribution < -0.4 is 4.84 Å². The molecule has 0 N–H and O–H groups in total. The number of rotatable bonds is 13. The van der Waals surface area contributed by atoms with Crippen molar-refractivity contribution in [3.05, 3.63) is 17.8 Å². The first kappa shape index (κ1) is 27.2. The van der Waals surface area contributed by atoms with Gasteiger partial charge in [-0.2, -0.15) is 4.73 Å². The predicted molar refractivity (Wildman–Crippen MR) is 124 cm³/mol. The van der Waals surface area contributed by atoms with Gasteiger partial charge in [-0.3, -0.25) is 4.57 Å². The summed E-state index contributed by atoms with van der Waals surface area (Å²) in [6.45, 7) is 14.4. The molecule has 181 valence electrons. The van der Waals surface area contributed by atoms with Gasteiger partial charge in [0.05, 0.1) is 25.9 Å². The monoisotopic (exact) mass is 507 g/mol. The molecule has 2 unspecified atom stereocenters. The van der Waals surface area contributed by atoms with E-state index in [9.17, 15) is 4.57 Å². The maximum Gasteiger partial charge on any atom is 0.356 e. The summed E-state index contributed by atoms with van der Waals surface area (Å²) in [7, 11) is -4.43. The van der Waals surface area contributed by atoms with Gasteiger partial charge in [0.25, 0.3) is 0 Å². The van der Waals surface area contributed by atoms with Crippen molar-refractivity contribution in [3.8, 4) is 0 Å². The van der Waals surface area contributed by atoms with Crippen molar-refractivity contribution in [1.82, 2.24) is 19.7 Å². The zero-order chi connectivity index (χ0) is 23.9. The fourth-order valence-corrected chi connectivity index (χ4v) is 5.56. The Bertz CT molecular complexity index is 900. The van der Waals surface area contributed by atoms with E-state index in [0.29, 0.717) is 11.2 Å². The second-order valence-corrected chi connectivity index (χ2v) is 12.7. The highest BCUT2D eigenvalue weighted by Crippen LogP contribution is 2.47. The highest BCUT2D eigenvalue weighted by molar-refractivity contribution is 7.53. The van der Waals surface area contributed by atoms with E-state index < -0.39 is 22.7 Å². The standard InChI is InChI=1S/C19H33ClN4O6PSi/c1-8-27-31(25,28-9-2)13-26-10-14(16(19(3,4)5)30-32(6)7)29-24-12-23-15-17(20)21-11-22-18(15)24/h11-12,14,16H,8-10,13H2,1-7H3. The third-order valence-corrected chi connectivity index (χ3v) is 7.05. The van der Waals surface area contributed by atoms with Gasteiger partial charge in [0, 0.05) is 0 Å². The van der Waals surface area contributed by atoms with Gasteiger partial charge in [-0.1, -0.05) is 32.4 Å². The maximum absolute atomic E-state index is 12.8. The molecule has 0 saturated heterocycles. The molecule has 2 atom stereocenters. The van der Waals surface area contributed by atoms with Crippen LogP contribution in [0.4, 0.5) is 0 Å². The van der Waals surface area contributed by atoms with Crippen LogP contribution in [0.15, 0.2) is 12.7 Å². The van der Waals surface area contributed by atoms with Crippen LogP contribution in [0.1, 0.15) is 34.6 Å². The number of hydrogen-bond donors (Lipinski definition) is 0. The van der Waals surface area contributed by atoms with Crippen molar-refractivity contribution >= 4 is 39.4 Å². The number of imidazole rings is 1. The first-order chi connectivity index (χ1) is 15.0. The first-order valence-electron chi connectivity index (χ1n) is 10.4. The Labute approximate surface area is 196 Å². The summed E-state index contributed by atoms with van der Waals surface area (Å²) in [5, 5.41) is 0.232. The lowest BCUT2D eigenvalue weighted by molar-refractivity contribution is -0.101. The maximum atomic E-state index is 12.8. The predicted octanol–water partition coefficient (Wildman–Crippen LogP) is 4.20. The Balaban J connectivity index is 2.29. The Morgan fingerprint density at radius 3 is 2.38 bits per heavy atom. The Morgan fingerprint density at radius 2 is 1.81 bits per heavy atom. The molecule has 2 aromatic heterocycles. The summed E-state index contributed by atoms with van der Waals surface area (Å²) in [5.41, 5.74) is 0.577. The van der Waals surface area contributed by atoms with Crippen LogP contribution in [-0.2, 0) is 22.8 Å². The molecule has 2 rings (SSSR count). The van der Waals surface area contributed by atoms with Gasteiger partial charge in [0.1, 0.15) is 24.5 Å². The molecular formula is C19H33ClN4O6PSi. The number of halogens is 1. The van der Waals surface area contributed by atoms with E-state index in [0.717, 1.165) is 0 Å². The van der Waals surface area contributed by atoms with Crippen LogP contribution in [0.25, 0.3) is 11.2 Å². The summed E-state index contributed by atoms with van der Waals surface area (Å²) in [6.07, 6.45) is 1.72. The second-order valence-electron chi connectivity index (χ2n) is 8.31. The fraction of sp³-hybridized carbons (Fsp3) is 0.737. The minimum atomic E-state index is -3.36. The van der Waals surface area contributed by atoms with E-state index in [4.69, 9.17) is 34.6 Å².